The number of carbonyl (C=O) groups is 1. The second-order valence-corrected chi connectivity index (χ2v) is 12.6. The summed E-state index contributed by atoms with van der Waals surface area (Å²) in [5, 5.41) is 13.0. The Hall–Kier alpha value is -2.95. The topological polar surface area (TPSA) is 96.4 Å². The summed E-state index contributed by atoms with van der Waals surface area (Å²) in [6.45, 7) is 1.85. The van der Waals surface area contributed by atoms with E-state index in [-0.39, 0.29) is 45.8 Å². The van der Waals surface area contributed by atoms with E-state index in [1.54, 1.807) is 6.20 Å². The highest BCUT2D eigenvalue weighted by atomic mass is 35.5. The minimum Gasteiger partial charge on any atom is -0.385 e. The van der Waals surface area contributed by atoms with Crippen LogP contribution in [0.2, 0.25) is 5.02 Å². The minimum atomic E-state index is -4.01. The maximum absolute atomic E-state index is 13.7. The van der Waals surface area contributed by atoms with E-state index in [9.17, 15) is 31.5 Å². The van der Waals surface area contributed by atoms with E-state index in [0.717, 1.165) is 11.8 Å². The summed E-state index contributed by atoms with van der Waals surface area (Å²) < 4.78 is 67.8. The maximum atomic E-state index is 13.7. The van der Waals surface area contributed by atoms with Crippen molar-refractivity contribution in [1.29, 1.82) is 0 Å². The highest BCUT2D eigenvalue weighted by Crippen LogP contribution is 2.56. The highest BCUT2D eigenvalue weighted by Gasteiger charge is 2.56. The van der Waals surface area contributed by atoms with Crippen LogP contribution in [0.15, 0.2) is 53.6 Å². The fraction of sp³-hybridized carbons (Fsp3) is 0.333. The van der Waals surface area contributed by atoms with Crippen LogP contribution in [0.5, 0.6) is 0 Å². The predicted molar refractivity (Wildman–Crippen MR) is 135 cm³/mol. The molecule has 2 aliphatic rings. The number of sulfone groups is 1. The van der Waals surface area contributed by atoms with E-state index >= 15 is 0 Å². The Balaban J connectivity index is 1.40. The molecule has 2 fully saturated rings. The number of nitrogens with one attached hydrogen (secondary N) is 1. The van der Waals surface area contributed by atoms with Gasteiger partial charge in [0.1, 0.15) is 0 Å². The first-order chi connectivity index (χ1) is 17.9. The van der Waals surface area contributed by atoms with E-state index in [2.05, 4.69) is 10.3 Å². The number of nitrogens with zero attached hydrogens (tertiary/aromatic N) is 1. The van der Waals surface area contributed by atoms with Crippen LogP contribution < -0.4 is 5.32 Å². The van der Waals surface area contributed by atoms with E-state index in [4.69, 9.17) is 11.6 Å². The zero-order valence-corrected chi connectivity index (χ0v) is 21.8. The number of aromatic nitrogens is 1. The zero-order valence-electron chi connectivity index (χ0n) is 20.2. The molecular weight excluding hydrogens is 541 g/mol. The largest absolute Gasteiger partial charge is 0.385 e. The average molecular weight is 565 g/mol. The van der Waals surface area contributed by atoms with Gasteiger partial charge in [-0.25, -0.2) is 21.6 Å². The molecule has 200 valence electrons. The molecule has 4 atom stereocenters. The first kappa shape index (κ1) is 26.6. The van der Waals surface area contributed by atoms with Crippen molar-refractivity contribution in [3.8, 4) is 0 Å². The van der Waals surface area contributed by atoms with Crippen molar-refractivity contribution in [2.24, 2.45) is 11.8 Å². The summed E-state index contributed by atoms with van der Waals surface area (Å²) in [6, 6.07) is 8.55. The van der Waals surface area contributed by atoms with Gasteiger partial charge >= 0.3 is 0 Å². The quantitative estimate of drug-likeness (QED) is 0.395. The van der Waals surface area contributed by atoms with Crippen LogP contribution in [0.1, 0.15) is 47.3 Å². The Labute approximate surface area is 222 Å². The molecule has 2 aliphatic carbocycles. The zero-order chi connectivity index (χ0) is 27.4. The number of pyridine rings is 1. The molecule has 2 N–H and O–H groups in total. The summed E-state index contributed by atoms with van der Waals surface area (Å²) in [4.78, 5) is 16.8. The fourth-order valence-electron chi connectivity index (χ4n) is 5.80. The number of fused-ring (bicyclic) bond motifs is 2. The number of amides is 1. The van der Waals surface area contributed by atoms with Crippen LogP contribution in [0, 0.1) is 36.2 Å². The average Bonchev–Trinajstić information content (AvgIpc) is 3.04. The molecular formula is C27H24ClF3N2O4S. The lowest BCUT2D eigenvalue weighted by molar-refractivity contribution is -0.0649. The van der Waals surface area contributed by atoms with Gasteiger partial charge in [-0.15, -0.1) is 0 Å². The molecule has 0 spiro atoms. The Morgan fingerprint density at radius 3 is 2.26 bits per heavy atom. The number of carbonyl (C=O) groups excluding carboxylic acids is 1. The molecule has 0 radical (unpaired) electrons. The van der Waals surface area contributed by atoms with Gasteiger partial charge < -0.3 is 10.4 Å². The fourth-order valence-corrected chi connectivity index (χ4v) is 8.21. The predicted octanol–water partition coefficient (Wildman–Crippen LogP) is 5.56. The van der Waals surface area contributed by atoms with Crippen LogP contribution in [-0.2, 0) is 15.4 Å². The third kappa shape index (κ3) is 4.48. The molecule has 1 amide bonds. The van der Waals surface area contributed by atoms with Crippen molar-refractivity contribution < 1.29 is 31.5 Å². The van der Waals surface area contributed by atoms with Crippen LogP contribution in [0.25, 0.3) is 0 Å². The molecule has 3 aromatic rings. The monoisotopic (exact) mass is 564 g/mol. The van der Waals surface area contributed by atoms with Crippen molar-refractivity contribution in [3.05, 3.63) is 88.0 Å². The van der Waals surface area contributed by atoms with Gasteiger partial charge in [0.15, 0.2) is 27.3 Å². The first-order valence-corrected chi connectivity index (χ1v) is 14.0. The Kier molecular flexibility index (Phi) is 6.77. The van der Waals surface area contributed by atoms with E-state index in [1.165, 1.54) is 12.1 Å². The Morgan fingerprint density at radius 1 is 1.05 bits per heavy atom. The van der Waals surface area contributed by atoms with Gasteiger partial charge in [-0.2, -0.15) is 0 Å². The molecule has 6 nitrogen and oxygen atoms in total. The summed E-state index contributed by atoms with van der Waals surface area (Å²) >= 11 is 6.27. The van der Waals surface area contributed by atoms with Crippen LogP contribution >= 0.6 is 11.6 Å². The lowest BCUT2D eigenvalue weighted by Crippen LogP contribution is -2.46. The molecule has 2 saturated carbocycles. The number of hydrogen-bond donors (Lipinski definition) is 2. The van der Waals surface area contributed by atoms with Gasteiger partial charge in [-0.3, -0.25) is 9.78 Å². The molecule has 0 saturated heterocycles. The van der Waals surface area contributed by atoms with Gasteiger partial charge in [0, 0.05) is 40.8 Å². The van der Waals surface area contributed by atoms with Gasteiger partial charge in [-0.05, 0) is 68.7 Å². The third-order valence-corrected chi connectivity index (χ3v) is 10.4. The van der Waals surface area contributed by atoms with Crippen molar-refractivity contribution in [3.63, 3.8) is 0 Å². The lowest BCUT2D eigenvalue weighted by Gasteiger charge is -2.42. The number of rotatable bonds is 5. The molecule has 1 unspecified atom stereocenters. The first-order valence-electron chi connectivity index (χ1n) is 12.1. The second-order valence-electron chi connectivity index (χ2n) is 9.98. The standard InChI is InChI=1S/C27H24ClF3N2O4S/c1-14-2-4-18(13-32-14)27(35)16-5-6-17(27)10-20(9-16)38(36,37)24-8-15(3-7-21(24)28)26(34)33-19-11-22(29)25(31)23(30)12-19/h2-4,7-8,11-13,16-17,20,35H,5-6,9-10H2,1H3,(H,33,34)/t16-,17?,20-,27-/m0/s1. The third-order valence-electron chi connectivity index (χ3n) is 7.76. The molecule has 1 heterocycles. The summed E-state index contributed by atoms with van der Waals surface area (Å²) in [7, 11) is -4.01. The van der Waals surface area contributed by atoms with E-state index < -0.39 is 44.0 Å². The highest BCUT2D eigenvalue weighted by molar-refractivity contribution is 7.92. The molecule has 38 heavy (non-hydrogen) atoms. The Morgan fingerprint density at radius 2 is 1.68 bits per heavy atom. The normalized spacial score (nSPS) is 24.8. The van der Waals surface area contributed by atoms with E-state index in [0.29, 0.717) is 30.5 Å². The lowest BCUT2D eigenvalue weighted by atomic mass is 9.71. The van der Waals surface area contributed by atoms with Crippen LogP contribution in [0.4, 0.5) is 18.9 Å². The molecule has 2 aromatic carbocycles. The van der Waals surface area contributed by atoms with Gasteiger partial charge in [-0.1, -0.05) is 17.7 Å². The molecule has 11 heteroatoms. The van der Waals surface area contributed by atoms with Gasteiger partial charge in [0.2, 0.25) is 0 Å². The van der Waals surface area contributed by atoms with Crippen molar-refractivity contribution in [1.82, 2.24) is 4.98 Å². The van der Waals surface area contributed by atoms with Crippen LogP contribution in [0.3, 0.4) is 0 Å². The number of benzene rings is 2. The molecule has 1 aromatic heterocycles. The molecule has 5 rings (SSSR count). The molecule has 2 bridgehead atoms. The van der Waals surface area contributed by atoms with Crippen molar-refractivity contribution >= 4 is 33.0 Å². The Bertz CT molecular complexity index is 1490. The van der Waals surface area contributed by atoms with E-state index in [1.807, 2.05) is 19.1 Å². The van der Waals surface area contributed by atoms with Crippen LogP contribution in [-0.4, -0.2) is 29.7 Å². The summed E-state index contributed by atoms with van der Waals surface area (Å²) in [6.07, 6.45) is 3.41. The molecule has 0 aliphatic heterocycles. The SMILES string of the molecule is Cc1ccc([C@@]2(O)C3CC[C@H]2C[C@H](S(=O)(=O)c2cc(C(=O)Nc4cc(F)c(F)c(F)c4)ccc2Cl)C3)cn1. The van der Waals surface area contributed by atoms with Crippen molar-refractivity contribution in [2.45, 2.75) is 48.4 Å². The van der Waals surface area contributed by atoms with Crippen molar-refractivity contribution in [2.75, 3.05) is 5.32 Å². The second kappa shape index (κ2) is 9.66. The number of hydrogen-bond acceptors (Lipinski definition) is 5. The number of aliphatic hydroxyl groups is 1. The maximum Gasteiger partial charge on any atom is 0.255 e. The van der Waals surface area contributed by atoms with Gasteiger partial charge in [0.25, 0.3) is 5.91 Å². The van der Waals surface area contributed by atoms with Gasteiger partial charge in [0.05, 0.1) is 20.8 Å². The number of halogens is 4. The minimum absolute atomic E-state index is 0.0728. The summed E-state index contributed by atoms with van der Waals surface area (Å²) in [5.41, 5.74) is -0.123. The number of aryl methyl sites for hydroxylation is 1. The summed E-state index contributed by atoms with van der Waals surface area (Å²) in [5.74, 6) is -6.07. The number of anilines is 1. The smallest absolute Gasteiger partial charge is 0.255 e.